The number of hydrogen-bond acceptors (Lipinski definition) is 2. The van der Waals surface area contributed by atoms with Gasteiger partial charge in [0.2, 0.25) is 0 Å². The van der Waals surface area contributed by atoms with Crippen molar-refractivity contribution in [3.8, 4) is 5.75 Å². The molecule has 0 amide bonds. The third-order valence-electron chi connectivity index (χ3n) is 3.16. The molecule has 0 saturated carbocycles. The molecule has 2 aromatic rings. The summed E-state index contributed by atoms with van der Waals surface area (Å²) >= 11 is 0. The summed E-state index contributed by atoms with van der Waals surface area (Å²) in [6, 6.07) is 15.7. The summed E-state index contributed by atoms with van der Waals surface area (Å²) < 4.78 is 5.75. The monoisotopic (exact) mass is 224 g/mol. The lowest BCUT2D eigenvalue weighted by Gasteiger charge is -2.11. The van der Waals surface area contributed by atoms with Crippen LogP contribution in [0.1, 0.15) is 22.6 Å². The van der Waals surface area contributed by atoms with E-state index in [0.29, 0.717) is 6.61 Å². The normalized spacial score (nSPS) is 17.3. The maximum absolute atomic E-state index is 11.4. The van der Waals surface area contributed by atoms with E-state index in [1.165, 1.54) is 0 Å². The second-order valence-electron chi connectivity index (χ2n) is 4.14. The van der Waals surface area contributed by atoms with Gasteiger partial charge < -0.3 is 9.53 Å². The summed E-state index contributed by atoms with van der Waals surface area (Å²) in [7, 11) is 0. The van der Waals surface area contributed by atoms with Gasteiger partial charge in [0.1, 0.15) is 18.6 Å². The third kappa shape index (κ3) is 1.62. The highest BCUT2D eigenvalue weighted by Gasteiger charge is 2.23. The van der Waals surface area contributed by atoms with Crippen LogP contribution in [0, 0.1) is 0 Å². The van der Waals surface area contributed by atoms with Crippen molar-refractivity contribution in [2.24, 2.45) is 0 Å². The van der Waals surface area contributed by atoms with Gasteiger partial charge in [0.15, 0.2) is 0 Å². The van der Waals surface area contributed by atoms with Crippen molar-refractivity contribution in [3.05, 3.63) is 65.2 Å². The van der Waals surface area contributed by atoms with E-state index in [-0.39, 0.29) is 5.92 Å². The van der Waals surface area contributed by atoms with Crippen LogP contribution in [0.25, 0.3) is 0 Å². The predicted octanol–water partition coefficient (Wildman–Crippen LogP) is 2.91. The molecule has 0 unspecified atom stereocenters. The number of carbonyl (C=O) groups excluding carboxylic acids is 1. The Morgan fingerprint density at radius 1 is 1.00 bits per heavy atom. The van der Waals surface area contributed by atoms with Crippen LogP contribution in [0.4, 0.5) is 0 Å². The molecule has 0 bridgehead atoms. The van der Waals surface area contributed by atoms with Crippen LogP contribution < -0.4 is 4.74 Å². The van der Waals surface area contributed by atoms with Crippen molar-refractivity contribution in [3.63, 3.8) is 0 Å². The van der Waals surface area contributed by atoms with E-state index in [9.17, 15) is 4.79 Å². The number of fused-ring (bicyclic) bond motifs is 2. The Bertz CT molecular complexity index is 513. The third-order valence-corrected chi connectivity index (χ3v) is 3.16. The zero-order valence-corrected chi connectivity index (χ0v) is 9.30. The number of benzene rings is 2. The molecule has 84 valence electrons. The molecule has 0 aromatic heterocycles. The molecular weight excluding hydrogens is 212 g/mol. The Balaban J connectivity index is 2.22. The molecule has 0 fully saturated rings. The quantitative estimate of drug-likeness (QED) is 0.696. The average Bonchev–Trinajstić information content (AvgIpc) is 2.55. The van der Waals surface area contributed by atoms with E-state index in [1.54, 1.807) is 0 Å². The van der Waals surface area contributed by atoms with Crippen molar-refractivity contribution in [1.29, 1.82) is 0 Å². The first-order chi connectivity index (χ1) is 8.40. The molecule has 2 aromatic carbocycles. The van der Waals surface area contributed by atoms with Gasteiger partial charge in [-0.15, -0.1) is 0 Å². The molecule has 0 saturated heterocycles. The van der Waals surface area contributed by atoms with Gasteiger partial charge in [-0.1, -0.05) is 42.5 Å². The summed E-state index contributed by atoms with van der Waals surface area (Å²) in [6.45, 7) is 0.525. The van der Waals surface area contributed by atoms with Crippen molar-refractivity contribution in [1.82, 2.24) is 0 Å². The molecule has 1 atom stereocenters. The van der Waals surface area contributed by atoms with Gasteiger partial charge in [-0.25, -0.2) is 0 Å². The van der Waals surface area contributed by atoms with Crippen LogP contribution >= 0.6 is 0 Å². The SMILES string of the molecule is O=C[C@H]1c2ccccc2COc2ccccc21. The second kappa shape index (κ2) is 4.06. The molecule has 1 aliphatic rings. The lowest BCUT2D eigenvalue weighted by molar-refractivity contribution is -0.108. The highest BCUT2D eigenvalue weighted by molar-refractivity contribution is 5.71. The van der Waals surface area contributed by atoms with Crippen LogP contribution in [-0.2, 0) is 11.4 Å². The molecule has 0 aliphatic carbocycles. The Morgan fingerprint density at radius 2 is 1.71 bits per heavy atom. The van der Waals surface area contributed by atoms with Crippen molar-refractivity contribution < 1.29 is 9.53 Å². The fourth-order valence-corrected chi connectivity index (χ4v) is 2.31. The fourth-order valence-electron chi connectivity index (χ4n) is 2.31. The lowest BCUT2D eigenvalue weighted by Crippen LogP contribution is -2.03. The predicted molar refractivity (Wildman–Crippen MR) is 65.1 cm³/mol. The molecule has 0 spiro atoms. The molecule has 17 heavy (non-hydrogen) atoms. The Kier molecular flexibility index (Phi) is 2.41. The summed E-state index contributed by atoms with van der Waals surface area (Å²) in [5.74, 6) is 0.589. The minimum Gasteiger partial charge on any atom is -0.489 e. The molecule has 0 N–H and O–H groups in total. The fraction of sp³-hybridized carbons (Fsp3) is 0.133. The highest BCUT2D eigenvalue weighted by Crippen LogP contribution is 2.35. The van der Waals surface area contributed by atoms with Gasteiger partial charge >= 0.3 is 0 Å². The van der Waals surface area contributed by atoms with Crippen LogP contribution in [0.2, 0.25) is 0 Å². The highest BCUT2D eigenvalue weighted by atomic mass is 16.5. The maximum Gasteiger partial charge on any atom is 0.132 e. The van der Waals surface area contributed by atoms with Crippen LogP contribution in [0.15, 0.2) is 48.5 Å². The van der Waals surface area contributed by atoms with E-state index >= 15 is 0 Å². The second-order valence-corrected chi connectivity index (χ2v) is 4.14. The smallest absolute Gasteiger partial charge is 0.132 e. The zero-order chi connectivity index (χ0) is 11.7. The topological polar surface area (TPSA) is 26.3 Å². The van der Waals surface area contributed by atoms with Gasteiger partial charge in [-0.2, -0.15) is 0 Å². The largest absolute Gasteiger partial charge is 0.489 e. The van der Waals surface area contributed by atoms with E-state index in [2.05, 4.69) is 0 Å². The van der Waals surface area contributed by atoms with E-state index in [4.69, 9.17) is 4.74 Å². The Labute approximate surface area is 99.9 Å². The molecule has 3 rings (SSSR count). The first kappa shape index (κ1) is 10.1. The number of para-hydroxylation sites is 1. The molecule has 1 heterocycles. The van der Waals surface area contributed by atoms with Crippen LogP contribution in [-0.4, -0.2) is 6.29 Å². The molecule has 2 heteroatoms. The number of ether oxygens (including phenoxy) is 1. The zero-order valence-electron chi connectivity index (χ0n) is 9.30. The van der Waals surface area contributed by atoms with Crippen molar-refractivity contribution in [2.75, 3.05) is 0 Å². The summed E-state index contributed by atoms with van der Waals surface area (Å²) in [6.07, 6.45) is 0.992. The number of carbonyl (C=O) groups is 1. The Morgan fingerprint density at radius 3 is 2.53 bits per heavy atom. The average molecular weight is 224 g/mol. The molecule has 0 radical (unpaired) electrons. The van der Waals surface area contributed by atoms with Gasteiger partial charge in [0.25, 0.3) is 0 Å². The van der Waals surface area contributed by atoms with Gasteiger partial charge in [0, 0.05) is 5.56 Å². The van der Waals surface area contributed by atoms with E-state index in [1.807, 2.05) is 48.5 Å². The number of hydrogen-bond donors (Lipinski definition) is 0. The van der Waals surface area contributed by atoms with Crippen molar-refractivity contribution >= 4 is 6.29 Å². The first-order valence-corrected chi connectivity index (χ1v) is 5.65. The van der Waals surface area contributed by atoms with Gasteiger partial charge in [-0.3, -0.25) is 0 Å². The summed E-state index contributed by atoms with van der Waals surface area (Å²) in [5.41, 5.74) is 3.08. The van der Waals surface area contributed by atoms with Crippen LogP contribution in [0.3, 0.4) is 0 Å². The maximum atomic E-state index is 11.4. The first-order valence-electron chi connectivity index (χ1n) is 5.65. The van der Waals surface area contributed by atoms with Gasteiger partial charge in [-0.05, 0) is 17.2 Å². The minimum atomic E-state index is -0.218. The summed E-state index contributed by atoms with van der Waals surface area (Å²) in [5, 5.41) is 0. The minimum absolute atomic E-state index is 0.218. The number of rotatable bonds is 1. The lowest BCUT2D eigenvalue weighted by atomic mass is 9.90. The number of aldehydes is 1. The molecular formula is C15H12O2. The standard InChI is InChI=1S/C15H12O2/c16-9-14-12-6-2-1-5-11(12)10-17-15-8-4-3-7-13(14)15/h1-9,14H,10H2/t14-/m0/s1. The van der Waals surface area contributed by atoms with Crippen molar-refractivity contribution in [2.45, 2.75) is 12.5 Å². The Hall–Kier alpha value is -2.09. The van der Waals surface area contributed by atoms with Crippen LogP contribution in [0.5, 0.6) is 5.75 Å². The molecule has 1 aliphatic heterocycles. The van der Waals surface area contributed by atoms with E-state index in [0.717, 1.165) is 28.7 Å². The summed E-state index contributed by atoms with van der Waals surface area (Å²) in [4.78, 5) is 11.4. The molecule has 2 nitrogen and oxygen atoms in total. The van der Waals surface area contributed by atoms with Gasteiger partial charge in [0.05, 0.1) is 5.92 Å². The van der Waals surface area contributed by atoms with E-state index < -0.39 is 0 Å².